The van der Waals surface area contributed by atoms with Crippen LogP contribution in [-0.2, 0) is 71.7 Å². The molecule has 4 atom stereocenters. The van der Waals surface area contributed by atoms with Gasteiger partial charge in [-0.25, -0.2) is 14.4 Å². The number of nitrogens with one attached hydrogen (secondary N) is 7. The van der Waals surface area contributed by atoms with Gasteiger partial charge in [0.1, 0.15) is 31.3 Å². The molecule has 0 heterocycles. The molecule has 0 aliphatic carbocycles. The number of aliphatic carboxylic acids is 4. The number of carbonyl (C=O) groups is 11. The first-order valence-electron chi connectivity index (χ1n) is 28.3. The number of ether oxygens (including phenoxy) is 4. The van der Waals surface area contributed by atoms with Crippen LogP contribution in [0.25, 0.3) is 0 Å². The third-order valence-electron chi connectivity index (χ3n) is 12.3. The van der Waals surface area contributed by atoms with Gasteiger partial charge in [-0.05, 0) is 57.9 Å². The van der Waals surface area contributed by atoms with Crippen LogP contribution in [0.4, 0.5) is 0 Å². The van der Waals surface area contributed by atoms with Gasteiger partial charge in [0.15, 0.2) is 0 Å². The minimum absolute atomic E-state index is 0.0697. The Morgan fingerprint density at radius 3 is 1.10 bits per heavy atom. The van der Waals surface area contributed by atoms with Gasteiger partial charge in [0.05, 0.1) is 45.7 Å². The summed E-state index contributed by atoms with van der Waals surface area (Å²) in [6.45, 7) is 3.77. The number of hydrogen-bond donors (Lipinski definition) is 12. The molecule has 7 amide bonds. The second kappa shape index (κ2) is 50.0. The van der Waals surface area contributed by atoms with Gasteiger partial charge in [-0.1, -0.05) is 84.0 Å². The van der Waals surface area contributed by atoms with E-state index >= 15 is 0 Å². The molecule has 80 heavy (non-hydrogen) atoms. The average molecular weight is 1150 g/mol. The molecule has 0 unspecified atom stereocenters. The Kier molecular flexibility index (Phi) is 46.2. The van der Waals surface area contributed by atoms with Gasteiger partial charge in [-0.3, -0.25) is 38.4 Å². The summed E-state index contributed by atoms with van der Waals surface area (Å²) in [5, 5.41) is 55.4. The van der Waals surface area contributed by atoms with Crippen LogP contribution in [0.3, 0.4) is 0 Å². The van der Waals surface area contributed by atoms with Crippen molar-refractivity contribution < 1.29 is 92.1 Å². The van der Waals surface area contributed by atoms with Crippen molar-refractivity contribution in [3.63, 3.8) is 0 Å². The molecule has 0 aromatic heterocycles. The zero-order valence-corrected chi connectivity index (χ0v) is 47.0. The lowest BCUT2D eigenvalue weighted by Crippen LogP contribution is -2.45. The second-order valence-corrected chi connectivity index (χ2v) is 19.2. The molecule has 0 aromatic rings. The molecule has 0 aliphatic rings. The normalized spacial score (nSPS) is 12.5. The first-order chi connectivity index (χ1) is 38.4. The van der Waals surface area contributed by atoms with Gasteiger partial charge >= 0.3 is 23.9 Å². The van der Waals surface area contributed by atoms with Gasteiger partial charge in [0.25, 0.3) is 0 Å². The summed E-state index contributed by atoms with van der Waals surface area (Å²) in [5.41, 5.74) is 5.35. The van der Waals surface area contributed by atoms with E-state index in [2.05, 4.69) is 37.2 Å². The Hall–Kier alpha value is -6.03. The minimum Gasteiger partial charge on any atom is -0.481 e. The van der Waals surface area contributed by atoms with Gasteiger partial charge in [-0.15, -0.1) is 0 Å². The molecular formula is C53H94N8O19. The summed E-state index contributed by atoms with van der Waals surface area (Å²) in [4.78, 5) is 131. The van der Waals surface area contributed by atoms with Crippen molar-refractivity contribution in [1.29, 1.82) is 0 Å². The number of hydrogen-bond acceptors (Lipinski definition) is 16. The third-order valence-corrected chi connectivity index (χ3v) is 12.3. The molecule has 0 rings (SSSR count). The van der Waals surface area contributed by atoms with E-state index in [1.165, 1.54) is 19.3 Å². The number of rotatable bonds is 56. The van der Waals surface area contributed by atoms with Crippen LogP contribution in [0.5, 0.6) is 0 Å². The van der Waals surface area contributed by atoms with Crippen molar-refractivity contribution in [3.05, 3.63) is 0 Å². The highest BCUT2D eigenvalue weighted by Crippen LogP contribution is 2.14. The van der Waals surface area contributed by atoms with Crippen molar-refractivity contribution in [2.24, 2.45) is 5.73 Å². The van der Waals surface area contributed by atoms with E-state index in [9.17, 15) is 68.1 Å². The largest absolute Gasteiger partial charge is 0.481 e. The summed E-state index contributed by atoms with van der Waals surface area (Å²) >= 11 is 0. The highest BCUT2D eigenvalue weighted by Gasteiger charge is 2.26. The van der Waals surface area contributed by atoms with Gasteiger partial charge < -0.3 is 82.3 Å². The molecule has 0 bridgehead atoms. The number of carbonyl (C=O) groups excluding carboxylic acids is 7. The quantitative estimate of drug-likeness (QED) is 0.0383. The first kappa shape index (κ1) is 74.0. The molecule has 13 N–H and O–H groups in total. The van der Waals surface area contributed by atoms with E-state index in [4.69, 9.17) is 29.8 Å². The third kappa shape index (κ3) is 45.8. The second-order valence-electron chi connectivity index (χ2n) is 19.2. The smallest absolute Gasteiger partial charge is 0.326 e. The molecule has 27 heteroatoms. The number of primary amides is 1. The number of amides is 7. The van der Waals surface area contributed by atoms with Crippen molar-refractivity contribution in [1.82, 2.24) is 37.2 Å². The first-order valence-corrected chi connectivity index (χ1v) is 28.3. The van der Waals surface area contributed by atoms with E-state index in [1.54, 1.807) is 0 Å². The van der Waals surface area contributed by atoms with Crippen LogP contribution in [-0.4, -0.2) is 189 Å². The number of carboxylic acid groups (broad SMARTS) is 4. The van der Waals surface area contributed by atoms with Crippen LogP contribution in [0, 0.1) is 0 Å². The summed E-state index contributed by atoms with van der Waals surface area (Å²) in [6.07, 6.45) is 14.2. The molecule has 27 nitrogen and oxygen atoms in total. The highest BCUT2D eigenvalue weighted by atomic mass is 16.5. The molecule has 0 fully saturated rings. The fourth-order valence-electron chi connectivity index (χ4n) is 7.86. The van der Waals surface area contributed by atoms with Gasteiger partial charge in [0.2, 0.25) is 41.4 Å². The Labute approximate surface area is 469 Å². The monoisotopic (exact) mass is 1150 g/mol. The highest BCUT2D eigenvalue weighted by molar-refractivity contribution is 5.87. The van der Waals surface area contributed by atoms with E-state index in [-0.39, 0.29) is 116 Å². The molecule has 0 saturated carbocycles. The standard InChI is InChI=1S/C53H94N8O19/c1-2-55-39(50(54)70)19-17-18-28-56-47(66)37-79-35-34-78-32-30-58-48(67)38-80-36-33-77-31-29-57-43(62)25-22-40(51(71)72)60-45(64)27-24-42(53(75)76)61-46(65)26-23-41(52(73)74)59-44(63)20-15-13-11-9-7-5-3-4-6-8-10-12-14-16-21-49(68)69/h39-42,55H,2-38H2,1H3,(H2,54,70)(H,56,66)(H,57,62)(H,58,67)(H,59,63)(H,60,64)(H,61,65)(H,68,69)(H,71,72)(H,73,74)(H,75,76)/t39-,40-,41-,42-/m0/s1. The Morgan fingerprint density at radius 2 is 0.713 bits per heavy atom. The number of carboxylic acids is 4. The Morgan fingerprint density at radius 1 is 0.362 bits per heavy atom. The van der Waals surface area contributed by atoms with Crippen LogP contribution in [0.15, 0.2) is 0 Å². The van der Waals surface area contributed by atoms with Crippen LogP contribution >= 0.6 is 0 Å². The van der Waals surface area contributed by atoms with E-state index in [0.29, 0.717) is 32.4 Å². The number of nitrogens with two attached hydrogens (primary N) is 1. The maximum atomic E-state index is 12.6. The molecular weight excluding hydrogens is 1050 g/mol. The Bertz CT molecular complexity index is 1810. The van der Waals surface area contributed by atoms with E-state index in [1.807, 2.05) is 6.92 Å². The molecule has 460 valence electrons. The topological polar surface area (TPSA) is 416 Å². The minimum atomic E-state index is -1.57. The lowest BCUT2D eigenvalue weighted by Gasteiger charge is -2.18. The molecule has 0 spiro atoms. The van der Waals surface area contributed by atoms with Crippen LogP contribution < -0.4 is 43.0 Å². The van der Waals surface area contributed by atoms with Crippen LogP contribution in [0.1, 0.15) is 167 Å². The van der Waals surface area contributed by atoms with E-state index in [0.717, 1.165) is 70.6 Å². The summed E-state index contributed by atoms with van der Waals surface area (Å²) in [5.74, 6) is -8.78. The van der Waals surface area contributed by atoms with E-state index < -0.39 is 90.8 Å². The van der Waals surface area contributed by atoms with Crippen molar-refractivity contribution in [2.75, 3.05) is 79.0 Å². The van der Waals surface area contributed by atoms with Gasteiger partial charge in [0, 0.05) is 51.7 Å². The summed E-state index contributed by atoms with van der Waals surface area (Å²) in [7, 11) is 0. The summed E-state index contributed by atoms with van der Waals surface area (Å²) < 4.78 is 21.3. The molecule has 0 aromatic carbocycles. The molecule has 0 radical (unpaired) electrons. The number of unbranched alkanes of at least 4 members (excludes halogenated alkanes) is 14. The maximum Gasteiger partial charge on any atom is 0.326 e. The SMILES string of the molecule is CCN[C@@H](CCCCNC(=O)COCCOCCNC(=O)COCCOCCNC(=O)CC[C@H](NC(=O)CC[C@H](NC(=O)CC[C@H](NC(=O)CCCCCCCCCCCCCCCCC(=O)O)C(=O)O)C(=O)O)C(=O)O)C(N)=O. The maximum absolute atomic E-state index is 12.6. The van der Waals surface area contributed by atoms with Gasteiger partial charge in [-0.2, -0.15) is 0 Å². The average Bonchev–Trinajstić information content (AvgIpc) is 3.40. The van der Waals surface area contributed by atoms with Crippen molar-refractivity contribution >= 4 is 65.2 Å². The fourth-order valence-corrected chi connectivity index (χ4v) is 7.86. The van der Waals surface area contributed by atoms with Crippen LogP contribution in [0.2, 0.25) is 0 Å². The van der Waals surface area contributed by atoms with Crippen molar-refractivity contribution in [3.8, 4) is 0 Å². The zero-order chi connectivity index (χ0) is 59.6. The van der Waals surface area contributed by atoms with Crippen molar-refractivity contribution in [2.45, 2.75) is 192 Å². The summed E-state index contributed by atoms with van der Waals surface area (Å²) in [6, 6.07) is -4.83. The predicted molar refractivity (Wildman–Crippen MR) is 291 cm³/mol. The molecule has 0 aliphatic heterocycles. The fraction of sp³-hybridized carbons (Fsp3) is 0.792. The Balaban J connectivity index is 4.14. The zero-order valence-electron chi connectivity index (χ0n) is 47.0. The predicted octanol–water partition coefficient (Wildman–Crippen LogP) is 1.41. The lowest BCUT2D eigenvalue weighted by atomic mass is 10.0. The number of likely N-dealkylation sites (N-methyl/N-ethyl adjacent to an activating group) is 1. The lowest BCUT2D eigenvalue weighted by molar-refractivity contribution is -0.144. The molecule has 0 saturated heterocycles.